The van der Waals surface area contributed by atoms with E-state index in [9.17, 15) is 4.79 Å². The molecule has 0 unspecified atom stereocenters. The monoisotopic (exact) mass is 270 g/mol. The second-order valence-electron chi connectivity index (χ2n) is 4.29. The summed E-state index contributed by atoms with van der Waals surface area (Å²) in [7, 11) is 0. The second kappa shape index (κ2) is 5.29. The van der Waals surface area contributed by atoms with E-state index in [-0.39, 0.29) is 11.9 Å². The Morgan fingerprint density at radius 1 is 1.41 bits per heavy atom. The van der Waals surface area contributed by atoms with Crippen molar-refractivity contribution in [1.82, 2.24) is 4.90 Å². The number of carbonyl (C=O) groups excluding carboxylic acids is 1. The topological polar surface area (TPSA) is 46.3 Å². The highest BCUT2D eigenvalue weighted by molar-refractivity contribution is 7.80. The molecule has 1 heterocycles. The molecule has 0 atom stereocenters. The maximum atomic E-state index is 12.2. The van der Waals surface area contributed by atoms with Gasteiger partial charge in [-0.2, -0.15) is 0 Å². The van der Waals surface area contributed by atoms with Crippen LogP contribution in [0.3, 0.4) is 0 Å². The largest absolute Gasteiger partial charge is 0.338 e. The van der Waals surface area contributed by atoms with Gasteiger partial charge in [0, 0.05) is 24.0 Å². The van der Waals surface area contributed by atoms with Crippen molar-refractivity contribution < 1.29 is 4.79 Å². The fourth-order valence-corrected chi connectivity index (χ4v) is 2.35. The van der Waals surface area contributed by atoms with Crippen LogP contribution >= 0.6 is 24.2 Å². The summed E-state index contributed by atoms with van der Waals surface area (Å²) in [6.45, 7) is 1.40. The molecule has 0 spiro atoms. The summed E-state index contributed by atoms with van der Waals surface area (Å²) in [6.07, 6.45) is 1.70. The molecule has 0 radical (unpaired) electrons. The summed E-state index contributed by atoms with van der Waals surface area (Å²) in [4.78, 5) is 14.8. The lowest BCUT2D eigenvalue weighted by Gasteiger charge is -2.30. The van der Waals surface area contributed by atoms with Crippen LogP contribution in [0.25, 0.3) is 0 Å². The number of rotatable bonds is 1. The average molecular weight is 271 g/mol. The van der Waals surface area contributed by atoms with E-state index in [4.69, 9.17) is 17.3 Å². The molecule has 1 fully saturated rings. The van der Waals surface area contributed by atoms with E-state index in [0.717, 1.165) is 17.7 Å². The average Bonchev–Trinajstić information content (AvgIpc) is 2.32. The number of benzene rings is 1. The maximum Gasteiger partial charge on any atom is 0.255 e. The molecule has 92 valence electrons. The zero-order valence-corrected chi connectivity index (χ0v) is 11.0. The molecule has 2 N–H and O–H groups in total. The molecule has 1 amide bonds. The molecule has 0 saturated carbocycles. The standard InChI is InChI=1S/C12H15ClN2OS/c13-11-2-1-9(17)7-10(11)12(16)15-5-3-8(14)4-6-15/h1-2,7-8,17H,3-6,14H2. The zero-order chi connectivity index (χ0) is 12.4. The van der Waals surface area contributed by atoms with Crippen LogP contribution in [0.2, 0.25) is 5.02 Å². The normalized spacial score (nSPS) is 17.2. The Labute approximate surface area is 111 Å². The minimum atomic E-state index is -0.0298. The van der Waals surface area contributed by atoms with Crippen molar-refractivity contribution in [1.29, 1.82) is 0 Å². The van der Waals surface area contributed by atoms with Crippen molar-refractivity contribution in [2.24, 2.45) is 5.73 Å². The highest BCUT2D eigenvalue weighted by Crippen LogP contribution is 2.22. The van der Waals surface area contributed by atoms with Crippen LogP contribution in [0.15, 0.2) is 23.1 Å². The Morgan fingerprint density at radius 3 is 2.71 bits per heavy atom. The van der Waals surface area contributed by atoms with E-state index in [1.807, 2.05) is 0 Å². The van der Waals surface area contributed by atoms with Gasteiger partial charge in [-0.05, 0) is 31.0 Å². The zero-order valence-electron chi connectivity index (χ0n) is 9.40. The highest BCUT2D eigenvalue weighted by atomic mass is 35.5. The second-order valence-corrected chi connectivity index (χ2v) is 5.22. The van der Waals surface area contributed by atoms with E-state index in [0.29, 0.717) is 23.7 Å². The van der Waals surface area contributed by atoms with Crippen molar-refractivity contribution in [2.45, 2.75) is 23.8 Å². The number of nitrogens with two attached hydrogens (primary N) is 1. The van der Waals surface area contributed by atoms with Gasteiger partial charge in [-0.15, -0.1) is 12.6 Å². The molecule has 0 bridgehead atoms. The van der Waals surface area contributed by atoms with E-state index in [1.54, 1.807) is 23.1 Å². The molecule has 3 nitrogen and oxygen atoms in total. The molecule has 5 heteroatoms. The first-order chi connectivity index (χ1) is 8.08. The lowest BCUT2D eigenvalue weighted by atomic mass is 10.0. The third-order valence-corrected chi connectivity index (χ3v) is 3.61. The van der Waals surface area contributed by atoms with E-state index in [2.05, 4.69) is 12.6 Å². The van der Waals surface area contributed by atoms with E-state index < -0.39 is 0 Å². The summed E-state index contributed by atoms with van der Waals surface area (Å²) >= 11 is 10.3. The van der Waals surface area contributed by atoms with Crippen LogP contribution in [0.5, 0.6) is 0 Å². The van der Waals surface area contributed by atoms with Gasteiger partial charge in [0.25, 0.3) is 5.91 Å². The number of amides is 1. The lowest BCUT2D eigenvalue weighted by molar-refractivity contribution is 0.0714. The van der Waals surface area contributed by atoms with Crippen molar-refractivity contribution in [3.05, 3.63) is 28.8 Å². The number of carbonyl (C=O) groups is 1. The SMILES string of the molecule is NC1CCN(C(=O)c2cc(S)ccc2Cl)CC1. The summed E-state index contributed by atoms with van der Waals surface area (Å²) in [5.41, 5.74) is 6.34. The molecule has 1 aliphatic heterocycles. The molecule has 1 saturated heterocycles. The maximum absolute atomic E-state index is 12.2. The fourth-order valence-electron chi connectivity index (χ4n) is 1.95. The first kappa shape index (κ1) is 12.7. The van der Waals surface area contributed by atoms with Crippen LogP contribution in [0.4, 0.5) is 0 Å². The van der Waals surface area contributed by atoms with Gasteiger partial charge in [-0.3, -0.25) is 4.79 Å². The number of hydrogen-bond acceptors (Lipinski definition) is 3. The number of nitrogens with zero attached hydrogens (tertiary/aromatic N) is 1. The molecular weight excluding hydrogens is 256 g/mol. The number of thiol groups is 1. The minimum Gasteiger partial charge on any atom is -0.338 e. The van der Waals surface area contributed by atoms with Crippen molar-refractivity contribution in [3.63, 3.8) is 0 Å². The smallest absolute Gasteiger partial charge is 0.255 e. The highest BCUT2D eigenvalue weighted by Gasteiger charge is 2.23. The van der Waals surface area contributed by atoms with Crippen molar-refractivity contribution >= 4 is 30.1 Å². The van der Waals surface area contributed by atoms with Crippen LogP contribution in [-0.2, 0) is 0 Å². The van der Waals surface area contributed by atoms with Gasteiger partial charge in [0.2, 0.25) is 0 Å². The Bertz CT molecular complexity index is 431. The van der Waals surface area contributed by atoms with Gasteiger partial charge in [-0.1, -0.05) is 11.6 Å². The molecule has 0 aliphatic carbocycles. The fraction of sp³-hybridized carbons (Fsp3) is 0.417. The first-order valence-electron chi connectivity index (χ1n) is 5.61. The van der Waals surface area contributed by atoms with Crippen LogP contribution < -0.4 is 5.73 Å². The molecule has 2 rings (SSSR count). The Kier molecular flexibility index (Phi) is 3.97. The summed E-state index contributed by atoms with van der Waals surface area (Å²) in [6, 6.07) is 5.40. The Morgan fingerprint density at radius 2 is 2.06 bits per heavy atom. The molecule has 1 aromatic carbocycles. The minimum absolute atomic E-state index is 0.0298. The van der Waals surface area contributed by atoms with Crippen molar-refractivity contribution in [2.75, 3.05) is 13.1 Å². The molecule has 1 aliphatic rings. The van der Waals surface area contributed by atoms with E-state index in [1.165, 1.54) is 0 Å². The van der Waals surface area contributed by atoms with Crippen LogP contribution in [-0.4, -0.2) is 29.9 Å². The lowest BCUT2D eigenvalue weighted by Crippen LogP contribution is -2.42. The number of hydrogen-bond donors (Lipinski definition) is 2. The van der Waals surface area contributed by atoms with Gasteiger partial charge in [0.1, 0.15) is 0 Å². The Hall–Kier alpha value is -0.710. The number of likely N-dealkylation sites (tertiary alicyclic amines) is 1. The number of halogens is 1. The molecule has 17 heavy (non-hydrogen) atoms. The van der Waals surface area contributed by atoms with Gasteiger partial charge in [0.15, 0.2) is 0 Å². The van der Waals surface area contributed by atoms with Gasteiger partial charge >= 0.3 is 0 Å². The number of piperidine rings is 1. The summed E-state index contributed by atoms with van der Waals surface area (Å²) < 4.78 is 0. The first-order valence-corrected chi connectivity index (χ1v) is 6.44. The van der Waals surface area contributed by atoms with Crippen LogP contribution in [0, 0.1) is 0 Å². The summed E-state index contributed by atoms with van der Waals surface area (Å²) in [5.74, 6) is -0.0298. The molecule has 0 aromatic heterocycles. The summed E-state index contributed by atoms with van der Waals surface area (Å²) in [5, 5.41) is 0.475. The third kappa shape index (κ3) is 2.94. The third-order valence-electron chi connectivity index (χ3n) is 3.01. The molecule has 1 aromatic rings. The van der Waals surface area contributed by atoms with Crippen LogP contribution in [0.1, 0.15) is 23.2 Å². The van der Waals surface area contributed by atoms with Crippen molar-refractivity contribution in [3.8, 4) is 0 Å². The van der Waals surface area contributed by atoms with Gasteiger partial charge in [0.05, 0.1) is 10.6 Å². The van der Waals surface area contributed by atoms with Gasteiger partial charge in [-0.25, -0.2) is 0 Å². The predicted molar refractivity (Wildman–Crippen MR) is 71.8 cm³/mol. The quantitative estimate of drug-likeness (QED) is 0.769. The van der Waals surface area contributed by atoms with Gasteiger partial charge < -0.3 is 10.6 Å². The Balaban J connectivity index is 2.16. The predicted octanol–water partition coefficient (Wildman–Crippen LogP) is 2.19. The molecular formula is C12H15ClN2OS. The van der Waals surface area contributed by atoms with E-state index >= 15 is 0 Å².